The SMILES string of the molecule is CCn1cc(CC(NN)C2CCCc3sccc32)cn1. The van der Waals surface area contributed by atoms with Crippen LogP contribution in [0.3, 0.4) is 0 Å². The molecule has 2 aromatic rings. The Morgan fingerprint density at radius 3 is 3.25 bits per heavy atom. The fourth-order valence-electron chi connectivity index (χ4n) is 3.20. The van der Waals surface area contributed by atoms with E-state index in [1.807, 2.05) is 22.2 Å². The van der Waals surface area contributed by atoms with Crippen LogP contribution in [0.25, 0.3) is 0 Å². The highest BCUT2D eigenvalue weighted by Crippen LogP contribution is 2.37. The van der Waals surface area contributed by atoms with Crippen LogP contribution in [0.2, 0.25) is 0 Å². The van der Waals surface area contributed by atoms with Crippen LogP contribution in [0.1, 0.15) is 41.7 Å². The molecule has 20 heavy (non-hydrogen) atoms. The summed E-state index contributed by atoms with van der Waals surface area (Å²) in [6.45, 7) is 3.02. The molecule has 2 atom stereocenters. The van der Waals surface area contributed by atoms with Crippen LogP contribution in [0.15, 0.2) is 23.8 Å². The minimum Gasteiger partial charge on any atom is -0.273 e. The maximum Gasteiger partial charge on any atom is 0.0522 e. The number of nitrogens with one attached hydrogen (secondary N) is 1. The smallest absolute Gasteiger partial charge is 0.0522 e. The summed E-state index contributed by atoms with van der Waals surface area (Å²) in [6.07, 6.45) is 8.75. The zero-order valence-corrected chi connectivity index (χ0v) is 12.7. The maximum atomic E-state index is 5.84. The second-order valence-electron chi connectivity index (χ2n) is 5.48. The van der Waals surface area contributed by atoms with Crippen molar-refractivity contribution < 1.29 is 0 Å². The maximum absolute atomic E-state index is 5.84. The molecule has 1 aliphatic carbocycles. The number of thiophene rings is 1. The molecule has 0 amide bonds. The van der Waals surface area contributed by atoms with Crippen LogP contribution < -0.4 is 11.3 Å². The molecule has 0 saturated heterocycles. The Balaban J connectivity index is 1.77. The van der Waals surface area contributed by atoms with Gasteiger partial charge in [0.25, 0.3) is 0 Å². The van der Waals surface area contributed by atoms with Crippen molar-refractivity contribution >= 4 is 11.3 Å². The summed E-state index contributed by atoms with van der Waals surface area (Å²) in [6, 6.07) is 2.57. The van der Waals surface area contributed by atoms with Gasteiger partial charge >= 0.3 is 0 Å². The molecule has 0 radical (unpaired) electrons. The fraction of sp³-hybridized carbons (Fsp3) is 0.533. The van der Waals surface area contributed by atoms with Gasteiger partial charge in [-0.15, -0.1) is 11.3 Å². The van der Waals surface area contributed by atoms with Gasteiger partial charge in [-0.25, -0.2) is 0 Å². The molecule has 0 spiro atoms. The first-order valence-electron chi connectivity index (χ1n) is 7.35. The van der Waals surface area contributed by atoms with Gasteiger partial charge in [0.1, 0.15) is 0 Å². The van der Waals surface area contributed by atoms with Gasteiger partial charge in [0.2, 0.25) is 0 Å². The molecule has 2 heterocycles. The second-order valence-corrected chi connectivity index (χ2v) is 6.48. The number of nitrogens with two attached hydrogens (primary N) is 1. The lowest BCUT2D eigenvalue weighted by Crippen LogP contribution is -2.42. The summed E-state index contributed by atoms with van der Waals surface area (Å²) >= 11 is 1.89. The summed E-state index contributed by atoms with van der Waals surface area (Å²) in [5, 5.41) is 6.57. The van der Waals surface area contributed by atoms with E-state index in [2.05, 4.69) is 35.1 Å². The van der Waals surface area contributed by atoms with Gasteiger partial charge in [-0.3, -0.25) is 16.0 Å². The predicted octanol–water partition coefficient (Wildman–Crippen LogP) is 2.46. The van der Waals surface area contributed by atoms with E-state index in [1.54, 1.807) is 4.88 Å². The Kier molecular flexibility index (Phi) is 4.19. The topological polar surface area (TPSA) is 55.9 Å². The number of aromatic nitrogens is 2. The highest BCUT2D eigenvalue weighted by atomic mass is 32.1. The van der Waals surface area contributed by atoms with Gasteiger partial charge in [-0.05, 0) is 55.2 Å². The molecule has 3 rings (SSSR count). The first-order chi connectivity index (χ1) is 9.81. The molecule has 4 nitrogen and oxygen atoms in total. The lowest BCUT2D eigenvalue weighted by atomic mass is 9.81. The van der Waals surface area contributed by atoms with E-state index in [4.69, 9.17) is 5.84 Å². The van der Waals surface area contributed by atoms with E-state index in [0.29, 0.717) is 5.92 Å². The molecule has 2 unspecified atom stereocenters. The van der Waals surface area contributed by atoms with Crippen molar-refractivity contribution in [2.24, 2.45) is 5.84 Å². The van der Waals surface area contributed by atoms with Crippen molar-refractivity contribution in [1.82, 2.24) is 15.2 Å². The molecule has 1 aliphatic rings. The molecule has 0 aliphatic heterocycles. The van der Waals surface area contributed by atoms with Crippen LogP contribution in [-0.4, -0.2) is 15.8 Å². The van der Waals surface area contributed by atoms with Gasteiger partial charge in [0.15, 0.2) is 0 Å². The molecular weight excluding hydrogens is 268 g/mol. The minimum atomic E-state index is 0.290. The summed E-state index contributed by atoms with van der Waals surface area (Å²) < 4.78 is 1.97. The van der Waals surface area contributed by atoms with Gasteiger partial charge < -0.3 is 0 Å². The fourth-order valence-corrected chi connectivity index (χ4v) is 4.19. The summed E-state index contributed by atoms with van der Waals surface area (Å²) in [4.78, 5) is 1.55. The molecule has 2 aromatic heterocycles. The van der Waals surface area contributed by atoms with E-state index in [1.165, 1.54) is 30.4 Å². The highest BCUT2D eigenvalue weighted by Gasteiger charge is 2.28. The summed E-state index contributed by atoms with van der Waals surface area (Å²) in [7, 11) is 0. The molecule has 0 bridgehead atoms. The summed E-state index contributed by atoms with van der Waals surface area (Å²) in [5.74, 6) is 6.37. The van der Waals surface area contributed by atoms with Gasteiger partial charge in [0, 0.05) is 29.6 Å². The van der Waals surface area contributed by atoms with Crippen LogP contribution in [0.5, 0.6) is 0 Å². The first-order valence-corrected chi connectivity index (χ1v) is 8.23. The number of rotatable bonds is 5. The Bertz CT molecular complexity index is 560. The number of nitrogens with zero attached hydrogens (tertiary/aromatic N) is 2. The average Bonchev–Trinajstić information content (AvgIpc) is 3.13. The molecule has 0 saturated carbocycles. The van der Waals surface area contributed by atoms with Crippen molar-refractivity contribution in [3.8, 4) is 0 Å². The van der Waals surface area contributed by atoms with Gasteiger partial charge in [-0.1, -0.05) is 0 Å². The third kappa shape index (κ3) is 2.66. The molecule has 5 heteroatoms. The predicted molar refractivity (Wildman–Crippen MR) is 82.7 cm³/mol. The van der Waals surface area contributed by atoms with E-state index in [-0.39, 0.29) is 6.04 Å². The van der Waals surface area contributed by atoms with Crippen LogP contribution in [0, 0.1) is 0 Å². The van der Waals surface area contributed by atoms with Gasteiger partial charge in [-0.2, -0.15) is 5.10 Å². The molecular formula is C15H22N4S. The monoisotopic (exact) mass is 290 g/mol. The van der Waals surface area contributed by atoms with Crippen molar-refractivity contribution in [2.45, 2.75) is 51.1 Å². The number of fused-ring (bicyclic) bond motifs is 1. The summed E-state index contributed by atoms with van der Waals surface area (Å²) in [5.41, 5.74) is 5.81. The third-order valence-electron chi connectivity index (χ3n) is 4.26. The van der Waals surface area contributed by atoms with E-state index in [9.17, 15) is 0 Å². The standard InChI is InChI=1S/C15H22N4S/c1-2-19-10-11(9-17-19)8-14(18-16)12-4-3-5-15-13(12)6-7-20-15/h6-7,9-10,12,14,18H,2-5,8,16H2,1H3. The lowest BCUT2D eigenvalue weighted by Gasteiger charge is -2.30. The Labute approximate surface area is 124 Å². The number of aryl methyl sites for hydroxylation is 2. The van der Waals surface area contributed by atoms with E-state index >= 15 is 0 Å². The molecule has 3 N–H and O–H groups in total. The lowest BCUT2D eigenvalue weighted by molar-refractivity contribution is 0.397. The number of hydrazine groups is 1. The van der Waals surface area contributed by atoms with Crippen LogP contribution in [-0.2, 0) is 19.4 Å². The normalized spacial score (nSPS) is 19.8. The van der Waals surface area contributed by atoms with Crippen LogP contribution >= 0.6 is 11.3 Å². The number of hydrogen-bond donors (Lipinski definition) is 2. The van der Waals surface area contributed by atoms with Crippen molar-refractivity contribution in [3.63, 3.8) is 0 Å². The molecule has 108 valence electrons. The number of hydrogen-bond acceptors (Lipinski definition) is 4. The zero-order valence-electron chi connectivity index (χ0n) is 11.9. The van der Waals surface area contributed by atoms with Crippen molar-refractivity contribution in [3.05, 3.63) is 39.8 Å². The third-order valence-corrected chi connectivity index (χ3v) is 5.26. The molecule has 0 fully saturated rings. The van der Waals surface area contributed by atoms with Gasteiger partial charge in [0.05, 0.1) is 6.20 Å². The van der Waals surface area contributed by atoms with E-state index < -0.39 is 0 Å². The van der Waals surface area contributed by atoms with Crippen molar-refractivity contribution in [1.29, 1.82) is 0 Å². The largest absolute Gasteiger partial charge is 0.273 e. The van der Waals surface area contributed by atoms with E-state index in [0.717, 1.165) is 13.0 Å². The zero-order chi connectivity index (χ0) is 13.9. The van der Waals surface area contributed by atoms with Crippen LogP contribution in [0.4, 0.5) is 0 Å². The minimum absolute atomic E-state index is 0.290. The first kappa shape index (κ1) is 13.8. The molecule has 0 aromatic carbocycles. The highest BCUT2D eigenvalue weighted by molar-refractivity contribution is 7.10. The Morgan fingerprint density at radius 2 is 2.50 bits per heavy atom. The Hall–Kier alpha value is -1.17. The van der Waals surface area contributed by atoms with Crippen molar-refractivity contribution in [2.75, 3.05) is 0 Å². The second kappa shape index (κ2) is 6.08. The Morgan fingerprint density at radius 1 is 1.60 bits per heavy atom. The quantitative estimate of drug-likeness (QED) is 0.657. The average molecular weight is 290 g/mol.